The van der Waals surface area contributed by atoms with Gasteiger partial charge in [-0.3, -0.25) is 4.79 Å². The summed E-state index contributed by atoms with van der Waals surface area (Å²) in [6.07, 6.45) is 0. The minimum atomic E-state index is -0.223. The van der Waals surface area contributed by atoms with Crippen molar-refractivity contribution < 1.29 is 9.53 Å². The highest BCUT2D eigenvalue weighted by atomic mass is 35.5. The summed E-state index contributed by atoms with van der Waals surface area (Å²) >= 11 is 6.16. The van der Waals surface area contributed by atoms with Crippen LogP contribution < -0.4 is 10.1 Å². The largest absolute Gasteiger partial charge is 0.490 e. The van der Waals surface area contributed by atoms with Gasteiger partial charge in [-0.05, 0) is 50.5 Å². The number of pyridine rings is 1. The number of carbonyl (C=O) groups excluding carboxylic acids is 1. The lowest BCUT2D eigenvalue weighted by Crippen LogP contribution is -2.30. The third kappa shape index (κ3) is 2.79. The van der Waals surface area contributed by atoms with Gasteiger partial charge in [0, 0.05) is 11.3 Å². The van der Waals surface area contributed by atoms with Crippen molar-refractivity contribution in [1.29, 1.82) is 0 Å². The van der Waals surface area contributed by atoms with Gasteiger partial charge in [-0.25, -0.2) is 4.98 Å². The number of hydrogen-bond acceptors (Lipinski definition) is 3. The molecule has 1 N–H and O–H groups in total. The van der Waals surface area contributed by atoms with Crippen LogP contribution in [0.4, 0.5) is 0 Å². The quantitative estimate of drug-likeness (QED) is 0.851. The Balaban J connectivity index is 1.88. The smallest absolute Gasteiger partial charge is 0.255 e. The number of nitrogens with zero attached hydrogens (tertiary/aromatic N) is 1. The molecule has 0 fully saturated rings. The van der Waals surface area contributed by atoms with E-state index in [2.05, 4.69) is 10.3 Å². The van der Waals surface area contributed by atoms with E-state index >= 15 is 0 Å². The number of nitrogens with one attached hydrogen (secondary N) is 1. The molecule has 0 spiro atoms. The van der Waals surface area contributed by atoms with Crippen LogP contribution in [0.1, 0.15) is 44.3 Å². The minimum absolute atomic E-state index is 0.173. The SMILES string of the molecule is Cc1cc(C)c(C(=O)NC2COc3c2ccc(C)c3C)c(Cl)n1. The normalized spacial score (nSPS) is 16.0. The minimum Gasteiger partial charge on any atom is -0.490 e. The molecule has 0 radical (unpaired) electrons. The van der Waals surface area contributed by atoms with Crippen molar-refractivity contribution in [2.45, 2.75) is 33.7 Å². The van der Waals surface area contributed by atoms with Crippen LogP contribution in [0.25, 0.3) is 0 Å². The zero-order valence-electron chi connectivity index (χ0n) is 13.7. The summed E-state index contributed by atoms with van der Waals surface area (Å²) in [5.41, 5.74) is 5.34. The Labute approximate surface area is 140 Å². The van der Waals surface area contributed by atoms with Crippen molar-refractivity contribution >= 4 is 17.5 Å². The average molecular weight is 331 g/mol. The van der Waals surface area contributed by atoms with Crippen LogP contribution in [0.5, 0.6) is 5.75 Å². The van der Waals surface area contributed by atoms with E-state index in [1.54, 1.807) is 0 Å². The summed E-state index contributed by atoms with van der Waals surface area (Å²) in [4.78, 5) is 16.8. The van der Waals surface area contributed by atoms with E-state index in [1.807, 2.05) is 45.9 Å². The molecule has 1 aromatic carbocycles. The molecule has 2 heterocycles. The third-order valence-electron chi connectivity index (χ3n) is 4.31. The van der Waals surface area contributed by atoms with Crippen LogP contribution in [0.15, 0.2) is 18.2 Å². The number of fused-ring (bicyclic) bond motifs is 1. The molecule has 2 aromatic rings. The van der Waals surface area contributed by atoms with Crippen LogP contribution in [0, 0.1) is 27.7 Å². The van der Waals surface area contributed by atoms with Crippen molar-refractivity contribution in [3.05, 3.63) is 56.9 Å². The molecule has 4 nitrogen and oxygen atoms in total. The molecule has 1 atom stereocenters. The summed E-state index contributed by atoms with van der Waals surface area (Å²) in [7, 11) is 0. The molecule has 0 saturated carbocycles. The van der Waals surface area contributed by atoms with Crippen molar-refractivity contribution in [2.24, 2.45) is 0 Å². The number of halogens is 1. The number of amides is 1. The average Bonchev–Trinajstić information content (AvgIpc) is 2.85. The maximum Gasteiger partial charge on any atom is 0.255 e. The second-order valence-corrected chi connectivity index (χ2v) is 6.37. The van der Waals surface area contributed by atoms with Crippen molar-refractivity contribution in [2.75, 3.05) is 6.61 Å². The first-order valence-corrected chi connectivity index (χ1v) is 7.93. The van der Waals surface area contributed by atoms with Crippen LogP contribution in [0.3, 0.4) is 0 Å². The highest BCUT2D eigenvalue weighted by molar-refractivity contribution is 6.32. The van der Waals surface area contributed by atoms with E-state index in [1.165, 1.54) is 5.56 Å². The van der Waals surface area contributed by atoms with Gasteiger partial charge in [0.25, 0.3) is 5.91 Å². The van der Waals surface area contributed by atoms with Gasteiger partial charge >= 0.3 is 0 Å². The molecule has 1 aromatic heterocycles. The summed E-state index contributed by atoms with van der Waals surface area (Å²) in [6, 6.07) is 5.74. The van der Waals surface area contributed by atoms with Gasteiger partial charge in [0.05, 0.1) is 11.6 Å². The molecule has 5 heteroatoms. The number of benzene rings is 1. The Morgan fingerprint density at radius 3 is 2.70 bits per heavy atom. The first-order valence-electron chi connectivity index (χ1n) is 7.56. The molecule has 0 bridgehead atoms. The summed E-state index contributed by atoms with van der Waals surface area (Å²) in [6.45, 7) is 8.23. The Bertz CT molecular complexity index is 779. The monoisotopic (exact) mass is 330 g/mol. The van der Waals surface area contributed by atoms with E-state index < -0.39 is 0 Å². The van der Waals surface area contributed by atoms with Gasteiger partial charge < -0.3 is 10.1 Å². The molecule has 23 heavy (non-hydrogen) atoms. The summed E-state index contributed by atoms with van der Waals surface area (Å²) in [5.74, 6) is 0.653. The lowest BCUT2D eigenvalue weighted by atomic mass is 10.0. The zero-order valence-corrected chi connectivity index (χ0v) is 14.4. The second-order valence-electron chi connectivity index (χ2n) is 6.01. The van der Waals surface area contributed by atoms with Crippen LogP contribution in [0.2, 0.25) is 5.15 Å². The highest BCUT2D eigenvalue weighted by Gasteiger charge is 2.28. The topological polar surface area (TPSA) is 51.2 Å². The fourth-order valence-corrected chi connectivity index (χ4v) is 3.32. The fourth-order valence-electron chi connectivity index (χ4n) is 2.95. The first-order chi connectivity index (χ1) is 10.9. The van der Waals surface area contributed by atoms with E-state index in [4.69, 9.17) is 16.3 Å². The van der Waals surface area contributed by atoms with Gasteiger partial charge in [-0.1, -0.05) is 23.7 Å². The van der Waals surface area contributed by atoms with E-state index in [0.717, 1.165) is 28.1 Å². The molecular weight excluding hydrogens is 312 g/mol. The lowest BCUT2D eigenvalue weighted by Gasteiger charge is -2.14. The third-order valence-corrected chi connectivity index (χ3v) is 4.58. The lowest BCUT2D eigenvalue weighted by molar-refractivity contribution is 0.0929. The molecule has 1 amide bonds. The molecule has 1 unspecified atom stereocenters. The number of rotatable bonds is 2. The number of aryl methyl sites for hydroxylation is 3. The Kier molecular flexibility index (Phi) is 4.02. The fraction of sp³-hybridized carbons (Fsp3) is 0.333. The Morgan fingerprint density at radius 2 is 2.00 bits per heavy atom. The maximum atomic E-state index is 12.6. The number of ether oxygens (including phenoxy) is 1. The summed E-state index contributed by atoms with van der Waals surface area (Å²) < 4.78 is 5.78. The number of carbonyl (C=O) groups is 1. The van der Waals surface area contributed by atoms with E-state index in [9.17, 15) is 4.79 Å². The molecule has 1 aliphatic heterocycles. The van der Waals surface area contributed by atoms with E-state index in [-0.39, 0.29) is 17.1 Å². The second kappa shape index (κ2) is 5.85. The summed E-state index contributed by atoms with van der Waals surface area (Å²) in [5, 5.41) is 3.25. The molecule has 3 rings (SSSR count). The molecule has 1 aliphatic rings. The Morgan fingerprint density at radius 1 is 1.26 bits per heavy atom. The van der Waals surface area contributed by atoms with E-state index in [0.29, 0.717) is 12.2 Å². The standard InChI is InChI=1S/C18H19ClN2O2/c1-9-5-6-13-14(8-23-16(13)12(9)4)21-18(22)15-10(2)7-11(3)20-17(15)19/h5-7,14H,8H2,1-4H3,(H,21,22). The van der Waals surface area contributed by atoms with Gasteiger partial charge in [0.15, 0.2) is 0 Å². The van der Waals surface area contributed by atoms with Crippen LogP contribution in [-0.2, 0) is 0 Å². The molecular formula is C18H19ClN2O2. The van der Waals surface area contributed by atoms with Crippen LogP contribution in [-0.4, -0.2) is 17.5 Å². The van der Waals surface area contributed by atoms with Crippen molar-refractivity contribution in [3.63, 3.8) is 0 Å². The molecule has 0 aliphatic carbocycles. The predicted molar refractivity (Wildman–Crippen MR) is 90.3 cm³/mol. The Hall–Kier alpha value is -2.07. The van der Waals surface area contributed by atoms with Gasteiger partial charge in [-0.15, -0.1) is 0 Å². The maximum absolute atomic E-state index is 12.6. The molecule has 120 valence electrons. The van der Waals surface area contributed by atoms with Gasteiger partial charge in [0.1, 0.15) is 17.5 Å². The number of aromatic nitrogens is 1. The van der Waals surface area contributed by atoms with Gasteiger partial charge in [0.2, 0.25) is 0 Å². The first kappa shape index (κ1) is 15.8. The predicted octanol–water partition coefficient (Wildman–Crippen LogP) is 3.83. The van der Waals surface area contributed by atoms with Crippen molar-refractivity contribution in [1.82, 2.24) is 10.3 Å². The van der Waals surface area contributed by atoms with Crippen molar-refractivity contribution in [3.8, 4) is 5.75 Å². The van der Waals surface area contributed by atoms with Crippen LogP contribution >= 0.6 is 11.6 Å². The van der Waals surface area contributed by atoms with Gasteiger partial charge in [-0.2, -0.15) is 0 Å². The zero-order chi connectivity index (χ0) is 16.7. The number of hydrogen-bond donors (Lipinski definition) is 1. The molecule has 0 saturated heterocycles. The highest BCUT2D eigenvalue weighted by Crippen LogP contribution is 2.37.